The van der Waals surface area contributed by atoms with Crippen LogP contribution in [0.4, 0.5) is 0 Å². The molecule has 0 aliphatic rings. The first kappa shape index (κ1) is 9.60. The minimum Gasteiger partial charge on any atom is -0.338 e. The van der Waals surface area contributed by atoms with Crippen LogP contribution >= 0.6 is 23.1 Å². The Hall–Kier alpha value is -0.950. The maximum atomic E-state index is 4.97. The van der Waals surface area contributed by atoms with Crippen LogP contribution in [-0.4, -0.2) is 20.3 Å². The summed E-state index contributed by atoms with van der Waals surface area (Å²) >= 11 is 3.12. The van der Waals surface area contributed by atoms with Gasteiger partial charge in [0, 0.05) is 0 Å². The molecule has 0 aliphatic heterocycles. The summed E-state index contributed by atoms with van der Waals surface area (Å²) in [6.45, 7) is 3.73. The number of thioether (sulfide) groups is 1. The molecule has 0 spiro atoms. The number of nitrogens with zero attached hydrogens (tertiary/aromatic N) is 4. The zero-order valence-electron chi connectivity index (χ0n) is 7.72. The molecule has 0 bridgehead atoms. The van der Waals surface area contributed by atoms with Crippen molar-refractivity contribution in [2.45, 2.75) is 23.9 Å². The van der Waals surface area contributed by atoms with Crippen molar-refractivity contribution in [1.82, 2.24) is 20.3 Å². The second kappa shape index (κ2) is 4.05. The lowest BCUT2D eigenvalue weighted by Gasteiger charge is -1.88. The molecule has 2 aromatic heterocycles. The van der Waals surface area contributed by atoms with E-state index in [-0.39, 0.29) is 0 Å². The van der Waals surface area contributed by atoms with Crippen molar-refractivity contribution in [2.75, 3.05) is 0 Å². The number of rotatable bonds is 3. The van der Waals surface area contributed by atoms with E-state index < -0.39 is 0 Å². The molecule has 5 nitrogen and oxygen atoms in total. The fourth-order valence-corrected chi connectivity index (χ4v) is 2.51. The molecule has 2 aromatic rings. The zero-order chi connectivity index (χ0) is 9.97. The van der Waals surface area contributed by atoms with Gasteiger partial charge in [-0.3, -0.25) is 0 Å². The minimum atomic E-state index is 0.625. The van der Waals surface area contributed by atoms with Crippen molar-refractivity contribution in [3.8, 4) is 0 Å². The van der Waals surface area contributed by atoms with Gasteiger partial charge in [-0.2, -0.15) is 4.98 Å². The lowest BCUT2D eigenvalue weighted by Crippen LogP contribution is -1.80. The van der Waals surface area contributed by atoms with Gasteiger partial charge in [0.1, 0.15) is 5.01 Å². The average Bonchev–Trinajstić information content (AvgIpc) is 2.72. The summed E-state index contributed by atoms with van der Waals surface area (Å²) in [7, 11) is 0. The third-order valence-corrected chi connectivity index (χ3v) is 3.35. The van der Waals surface area contributed by atoms with E-state index in [2.05, 4.69) is 20.3 Å². The first-order valence-corrected chi connectivity index (χ1v) is 5.76. The van der Waals surface area contributed by atoms with E-state index in [9.17, 15) is 0 Å². The second-order valence-electron chi connectivity index (χ2n) is 2.61. The van der Waals surface area contributed by atoms with Crippen molar-refractivity contribution >= 4 is 23.1 Å². The molecule has 7 heteroatoms. The van der Waals surface area contributed by atoms with Crippen LogP contribution in [0.3, 0.4) is 0 Å². The first-order valence-electron chi connectivity index (χ1n) is 3.96. The Morgan fingerprint density at radius 2 is 2.21 bits per heavy atom. The predicted octanol–water partition coefficient (Wildman–Crippen LogP) is 1.83. The van der Waals surface area contributed by atoms with Crippen LogP contribution in [0.2, 0.25) is 0 Å². The maximum Gasteiger partial charge on any atom is 0.237 e. The maximum absolute atomic E-state index is 4.97. The molecule has 0 atom stereocenters. The highest BCUT2D eigenvalue weighted by molar-refractivity contribution is 8.00. The van der Waals surface area contributed by atoms with Crippen molar-refractivity contribution in [1.29, 1.82) is 0 Å². The van der Waals surface area contributed by atoms with E-state index in [1.807, 2.05) is 6.92 Å². The first-order chi connectivity index (χ1) is 6.74. The molecule has 0 N–H and O–H groups in total. The van der Waals surface area contributed by atoms with Gasteiger partial charge < -0.3 is 4.52 Å². The Morgan fingerprint density at radius 3 is 2.79 bits per heavy atom. The average molecular weight is 228 g/mol. The van der Waals surface area contributed by atoms with Gasteiger partial charge >= 0.3 is 0 Å². The lowest BCUT2D eigenvalue weighted by molar-refractivity contribution is 0.387. The molecular formula is C7H8N4OS2. The summed E-state index contributed by atoms with van der Waals surface area (Å²) in [5, 5.41) is 12.6. The molecule has 0 radical (unpaired) electrons. The zero-order valence-corrected chi connectivity index (χ0v) is 9.35. The summed E-state index contributed by atoms with van der Waals surface area (Å²) in [5.41, 5.74) is 0. The number of aromatic nitrogens is 4. The number of hydrogen-bond donors (Lipinski definition) is 0. The van der Waals surface area contributed by atoms with Gasteiger partial charge in [0.25, 0.3) is 0 Å². The largest absolute Gasteiger partial charge is 0.338 e. The molecule has 14 heavy (non-hydrogen) atoms. The van der Waals surface area contributed by atoms with Crippen molar-refractivity contribution in [3.05, 3.63) is 16.7 Å². The topological polar surface area (TPSA) is 64.7 Å². The quantitative estimate of drug-likeness (QED) is 0.747. The molecule has 0 unspecified atom stereocenters. The SMILES string of the molecule is Cc1noc(CSc2nnc(C)s2)n1. The summed E-state index contributed by atoms with van der Waals surface area (Å²) < 4.78 is 5.90. The molecule has 0 amide bonds. The van der Waals surface area contributed by atoms with Gasteiger partial charge in [-0.25, -0.2) is 0 Å². The van der Waals surface area contributed by atoms with E-state index >= 15 is 0 Å². The Bertz CT molecular complexity index is 385. The molecule has 0 aliphatic carbocycles. The second-order valence-corrected chi connectivity index (χ2v) is 5.02. The molecule has 74 valence electrons. The van der Waals surface area contributed by atoms with Gasteiger partial charge in [0.05, 0.1) is 5.75 Å². The standard InChI is InChI=1S/C7H8N4OS2/c1-4-8-6(12-11-4)3-13-7-10-9-5(2)14-7/h3H2,1-2H3. The molecule has 0 aromatic carbocycles. The summed E-state index contributed by atoms with van der Waals surface area (Å²) in [5.74, 6) is 1.93. The van der Waals surface area contributed by atoms with Crippen LogP contribution in [0.25, 0.3) is 0 Å². The number of aryl methyl sites for hydroxylation is 2. The van der Waals surface area contributed by atoms with Crippen molar-refractivity contribution in [2.24, 2.45) is 0 Å². The van der Waals surface area contributed by atoms with Crippen molar-refractivity contribution < 1.29 is 4.52 Å². The van der Waals surface area contributed by atoms with E-state index in [4.69, 9.17) is 4.52 Å². The Kier molecular flexibility index (Phi) is 2.78. The van der Waals surface area contributed by atoms with Gasteiger partial charge in [0.2, 0.25) is 5.89 Å². The third-order valence-electron chi connectivity index (χ3n) is 1.40. The normalized spacial score (nSPS) is 10.7. The van der Waals surface area contributed by atoms with Gasteiger partial charge in [-0.1, -0.05) is 28.3 Å². The van der Waals surface area contributed by atoms with Gasteiger partial charge in [-0.05, 0) is 13.8 Å². The van der Waals surface area contributed by atoms with Crippen LogP contribution in [0.5, 0.6) is 0 Å². The van der Waals surface area contributed by atoms with E-state index in [1.165, 1.54) is 0 Å². The predicted molar refractivity (Wildman–Crippen MR) is 53.2 cm³/mol. The number of hydrogen-bond acceptors (Lipinski definition) is 7. The Balaban J connectivity index is 1.94. The highest BCUT2D eigenvalue weighted by Gasteiger charge is 2.06. The minimum absolute atomic E-state index is 0.625. The van der Waals surface area contributed by atoms with E-state index in [1.54, 1.807) is 30.0 Å². The lowest BCUT2D eigenvalue weighted by atomic mass is 10.7. The molecule has 0 saturated heterocycles. The fourth-order valence-electron chi connectivity index (χ4n) is 0.859. The monoisotopic (exact) mass is 228 g/mol. The molecule has 2 heterocycles. The highest BCUT2D eigenvalue weighted by atomic mass is 32.2. The van der Waals surface area contributed by atoms with E-state index in [0.29, 0.717) is 17.5 Å². The molecule has 0 fully saturated rings. The van der Waals surface area contributed by atoms with Gasteiger partial charge in [-0.15, -0.1) is 10.2 Å². The molecule has 0 saturated carbocycles. The van der Waals surface area contributed by atoms with Crippen LogP contribution < -0.4 is 0 Å². The Morgan fingerprint density at radius 1 is 1.36 bits per heavy atom. The van der Waals surface area contributed by atoms with Crippen LogP contribution in [-0.2, 0) is 5.75 Å². The third kappa shape index (κ3) is 2.30. The fraction of sp³-hybridized carbons (Fsp3) is 0.429. The van der Waals surface area contributed by atoms with Crippen LogP contribution in [0.1, 0.15) is 16.7 Å². The summed E-state index contributed by atoms with van der Waals surface area (Å²) in [6.07, 6.45) is 0. The summed E-state index contributed by atoms with van der Waals surface area (Å²) in [4.78, 5) is 4.09. The van der Waals surface area contributed by atoms with E-state index in [0.717, 1.165) is 9.35 Å². The van der Waals surface area contributed by atoms with Crippen molar-refractivity contribution in [3.63, 3.8) is 0 Å². The Labute approximate surface area is 88.9 Å². The summed E-state index contributed by atoms with van der Waals surface area (Å²) in [6, 6.07) is 0. The van der Waals surface area contributed by atoms with Crippen LogP contribution in [0, 0.1) is 13.8 Å². The highest BCUT2D eigenvalue weighted by Crippen LogP contribution is 2.24. The molecule has 2 rings (SSSR count). The van der Waals surface area contributed by atoms with Gasteiger partial charge in [0.15, 0.2) is 10.2 Å². The van der Waals surface area contributed by atoms with Crippen LogP contribution in [0.15, 0.2) is 8.86 Å². The smallest absolute Gasteiger partial charge is 0.237 e. The molecular weight excluding hydrogens is 220 g/mol.